The summed E-state index contributed by atoms with van der Waals surface area (Å²) in [5.74, 6) is 0.574. The summed E-state index contributed by atoms with van der Waals surface area (Å²) in [6.45, 7) is 8.25. The number of carbonyl (C=O) groups excluding carboxylic acids is 2. The number of rotatable bonds is 2. The molecule has 0 radical (unpaired) electrons. The Kier molecular flexibility index (Phi) is 3.92. The summed E-state index contributed by atoms with van der Waals surface area (Å²) in [7, 11) is 0. The second-order valence-electron chi connectivity index (χ2n) is 9.69. The summed E-state index contributed by atoms with van der Waals surface area (Å²) in [5, 5.41) is 0. The van der Waals surface area contributed by atoms with E-state index < -0.39 is 11.1 Å². The molecule has 0 aliphatic heterocycles. The molecule has 0 bridgehead atoms. The number of ketones is 2. The maximum absolute atomic E-state index is 17.0. The molecule has 0 aromatic heterocycles. The molecule has 4 aliphatic rings. The molecule has 142 valence electrons. The van der Waals surface area contributed by atoms with E-state index in [0.717, 1.165) is 37.7 Å². The first-order valence-electron chi connectivity index (χ1n) is 10.3. The fraction of sp³-hybridized carbons (Fsp3) is 0.739. The smallest absolute Gasteiger partial charge is 0.178 e. The third kappa shape index (κ3) is 2.03. The van der Waals surface area contributed by atoms with Crippen LogP contribution in [0.3, 0.4) is 0 Å². The minimum Gasteiger partial charge on any atom is -0.299 e. The predicted octanol–water partition coefficient (Wildman–Crippen LogP) is 5.23. The molecule has 0 spiro atoms. The first-order chi connectivity index (χ1) is 12.2. The number of Topliss-reactive ketones (excluding diaryl/α,β-unsaturated/α-hetero) is 1. The molecule has 0 N–H and O–H groups in total. The van der Waals surface area contributed by atoms with E-state index in [1.807, 2.05) is 26.8 Å². The Morgan fingerprint density at radius 2 is 1.96 bits per heavy atom. The summed E-state index contributed by atoms with van der Waals surface area (Å²) >= 11 is 0. The molecule has 0 aromatic rings. The third-order valence-electron chi connectivity index (χ3n) is 8.72. The maximum atomic E-state index is 17.0. The fourth-order valence-electron chi connectivity index (χ4n) is 7.51. The second kappa shape index (κ2) is 5.62. The Morgan fingerprint density at radius 1 is 1.23 bits per heavy atom. The molecular formula is C23H31FO2. The van der Waals surface area contributed by atoms with Crippen LogP contribution in [0.4, 0.5) is 4.39 Å². The maximum Gasteiger partial charge on any atom is 0.178 e. The zero-order valence-corrected chi connectivity index (χ0v) is 16.5. The zero-order chi connectivity index (χ0) is 18.9. The number of fused-ring (bicyclic) bond motifs is 5. The van der Waals surface area contributed by atoms with Gasteiger partial charge < -0.3 is 0 Å². The number of halogens is 1. The van der Waals surface area contributed by atoms with Gasteiger partial charge in [-0.25, -0.2) is 4.39 Å². The van der Waals surface area contributed by atoms with E-state index >= 15 is 4.39 Å². The van der Waals surface area contributed by atoms with E-state index in [-0.39, 0.29) is 34.9 Å². The Morgan fingerprint density at radius 3 is 2.65 bits per heavy atom. The van der Waals surface area contributed by atoms with Crippen molar-refractivity contribution in [2.75, 3.05) is 0 Å². The van der Waals surface area contributed by atoms with Crippen LogP contribution in [-0.2, 0) is 9.59 Å². The van der Waals surface area contributed by atoms with Gasteiger partial charge >= 0.3 is 0 Å². The van der Waals surface area contributed by atoms with Gasteiger partial charge in [-0.1, -0.05) is 32.4 Å². The van der Waals surface area contributed by atoms with Gasteiger partial charge in [0.1, 0.15) is 11.5 Å². The van der Waals surface area contributed by atoms with Gasteiger partial charge in [0.2, 0.25) is 0 Å². The molecule has 0 aromatic carbocycles. The van der Waals surface area contributed by atoms with Crippen molar-refractivity contribution in [1.82, 2.24) is 0 Å². The van der Waals surface area contributed by atoms with E-state index in [1.54, 1.807) is 12.2 Å². The molecule has 2 nitrogen and oxygen atoms in total. The second-order valence-corrected chi connectivity index (χ2v) is 9.69. The van der Waals surface area contributed by atoms with Crippen molar-refractivity contribution in [3.8, 4) is 0 Å². The molecule has 0 heterocycles. The summed E-state index contributed by atoms with van der Waals surface area (Å²) in [6.07, 6.45) is 9.93. The van der Waals surface area contributed by atoms with Gasteiger partial charge in [0, 0.05) is 17.8 Å². The van der Waals surface area contributed by atoms with E-state index in [4.69, 9.17) is 0 Å². The molecule has 3 saturated carbocycles. The predicted molar refractivity (Wildman–Crippen MR) is 100 cm³/mol. The summed E-state index contributed by atoms with van der Waals surface area (Å²) < 4.78 is 17.0. The van der Waals surface area contributed by atoms with E-state index in [9.17, 15) is 9.59 Å². The van der Waals surface area contributed by atoms with Crippen molar-refractivity contribution < 1.29 is 14.0 Å². The van der Waals surface area contributed by atoms with Gasteiger partial charge in [0.25, 0.3) is 0 Å². The molecule has 0 saturated heterocycles. The van der Waals surface area contributed by atoms with Crippen LogP contribution in [0, 0.1) is 34.5 Å². The molecule has 7 atom stereocenters. The molecule has 4 rings (SSSR count). The molecule has 1 unspecified atom stereocenters. The standard InChI is InChI=1S/C23H31FO2/c1-5-20(26)19-9-8-17-18-7-6-15-12-16(25)10-11-22(15,4)23(18,24)14(2)13-21(17,19)3/h10-12,14,17-19H,5-9,13H2,1-4H3/t14-,17-,18-,19?,21-,22-,23+/m0/s1. The first kappa shape index (κ1) is 18.1. The van der Waals surface area contributed by atoms with Crippen LogP contribution in [0.2, 0.25) is 0 Å². The van der Waals surface area contributed by atoms with Crippen LogP contribution in [0.5, 0.6) is 0 Å². The Labute approximate surface area is 156 Å². The average Bonchev–Trinajstić information content (AvgIpc) is 2.93. The number of allylic oxidation sites excluding steroid dienone is 4. The Bertz CT molecular complexity index is 722. The molecule has 4 aliphatic carbocycles. The van der Waals surface area contributed by atoms with Crippen LogP contribution in [0.1, 0.15) is 66.2 Å². The van der Waals surface area contributed by atoms with Crippen molar-refractivity contribution in [3.63, 3.8) is 0 Å². The summed E-state index contributed by atoms with van der Waals surface area (Å²) in [6, 6.07) is 0. The highest BCUT2D eigenvalue weighted by Crippen LogP contribution is 2.70. The van der Waals surface area contributed by atoms with E-state index in [2.05, 4.69) is 6.92 Å². The lowest BCUT2D eigenvalue weighted by Gasteiger charge is -2.62. The van der Waals surface area contributed by atoms with Gasteiger partial charge in [-0.2, -0.15) is 0 Å². The topological polar surface area (TPSA) is 34.1 Å². The minimum absolute atomic E-state index is 0.0118. The first-order valence-corrected chi connectivity index (χ1v) is 10.3. The van der Waals surface area contributed by atoms with Crippen molar-refractivity contribution in [1.29, 1.82) is 0 Å². The molecule has 0 amide bonds. The minimum atomic E-state index is -1.33. The number of alkyl halides is 1. The van der Waals surface area contributed by atoms with Gasteiger partial charge in [-0.3, -0.25) is 9.59 Å². The number of carbonyl (C=O) groups is 2. The monoisotopic (exact) mass is 358 g/mol. The van der Waals surface area contributed by atoms with Gasteiger partial charge in [0.15, 0.2) is 5.78 Å². The molecule has 3 heteroatoms. The number of hydrogen-bond acceptors (Lipinski definition) is 2. The highest BCUT2D eigenvalue weighted by atomic mass is 19.1. The molecular weight excluding hydrogens is 327 g/mol. The van der Waals surface area contributed by atoms with Crippen molar-refractivity contribution in [2.45, 2.75) is 71.9 Å². The zero-order valence-electron chi connectivity index (χ0n) is 16.5. The third-order valence-corrected chi connectivity index (χ3v) is 8.72. The Balaban J connectivity index is 1.78. The fourth-order valence-corrected chi connectivity index (χ4v) is 7.51. The van der Waals surface area contributed by atoms with Crippen LogP contribution in [0.15, 0.2) is 23.8 Å². The van der Waals surface area contributed by atoms with E-state index in [0.29, 0.717) is 12.2 Å². The summed E-state index contributed by atoms with van der Waals surface area (Å²) in [4.78, 5) is 24.5. The van der Waals surface area contributed by atoms with Crippen LogP contribution in [0.25, 0.3) is 0 Å². The SMILES string of the molecule is CCC(=O)C1CC[C@H]2[C@@H]3CCC4=CC(=O)C=C[C@]4(C)[C@@]3(F)[C@@H](C)C[C@]12C. The highest BCUT2D eigenvalue weighted by molar-refractivity contribution is 6.01. The molecule has 26 heavy (non-hydrogen) atoms. The van der Waals surface area contributed by atoms with Gasteiger partial charge in [-0.15, -0.1) is 0 Å². The summed E-state index contributed by atoms with van der Waals surface area (Å²) in [5.41, 5.74) is -1.11. The van der Waals surface area contributed by atoms with Crippen LogP contribution < -0.4 is 0 Å². The highest BCUT2D eigenvalue weighted by Gasteiger charge is 2.69. The van der Waals surface area contributed by atoms with Crippen molar-refractivity contribution >= 4 is 11.6 Å². The normalized spacial score (nSPS) is 49.9. The lowest BCUT2D eigenvalue weighted by Crippen LogP contribution is -2.63. The van der Waals surface area contributed by atoms with Gasteiger partial charge in [-0.05, 0) is 74.3 Å². The molecule has 3 fully saturated rings. The van der Waals surface area contributed by atoms with Crippen LogP contribution >= 0.6 is 0 Å². The lowest BCUT2D eigenvalue weighted by molar-refractivity contribution is -0.164. The lowest BCUT2D eigenvalue weighted by atomic mass is 9.43. The van der Waals surface area contributed by atoms with Gasteiger partial charge in [0.05, 0.1) is 0 Å². The number of hydrogen-bond donors (Lipinski definition) is 0. The van der Waals surface area contributed by atoms with Crippen LogP contribution in [-0.4, -0.2) is 17.2 Å². The van der Waals surface area contributed by atoms with E-state index in [1.165, 1.54) is 0 Å². The largest absolute Gasteiger partial charge is 0.299 e. The van der Waals surface area contributed by atoms with Crippen molar-refractivity contribution in [2.24, 2.45) is 34.5 Å². The van der Waals surface area contributed by atoms with Crippen molar-refractivity contribution in [3.05, 3.63) is 23.8 Å². The Hall–Kier alpha value is -1.25. The quantitative estimate of drug-likeness (QED) is 0.677. The average molecular weight is 358 g/mol.